The average molecular weight is 507 g/mol. The zero-order valence-corrected chi connectivity index (χ0v) is 20.5. The van der Waals surface area contributed by atoms with Gasteiger partial charge in [-0.25, -0.2) is 4.98 Å². The molecule has 0 radical (unpaired) electrons. The molecule has 11 heteroatoms. The summed E-state index contributed by atoms with van der Waals surface area (Å²) in [6.07, 6.45) is 2.06. The Balaban J connectivity index is 1.57. The molecule has 2 aromatic rings. The number of benzene rings is 1. The number of amides is 1. The van der Waals surface area contributed by atoms with Crippen LogP contribution < -0.4 is 26.0 Å². The van der Waals surface area contributed by atoms with Crippen molar-refractivity contribution in [3.05, 3.63) is 35.5 Å². The molecule has 1 amide bonds. The number of alkyl halides is 3. The van der Waals surface area contributed by atoms with Crippen molar-refractivity contribution >= 4 is 23.4 Å². The minimum atomic E-state index is -4.63. The lowest BCUT2D eigenvalue weighted by Gasteiger charge is -2.35. The van der Waals surface area contributed by atoms with E-state index in [0.717, 1.165) is 43.9 Å². The summed E-state index contributed by atoms with van der Waals surface area (Å²) in [5.41, 5.74) is 0.577. The van der Waals surface area contributed by atoms with Crippen molar-refractivity contribution in [2.75, 3.05) is 24.8 Å². The van der Waals surface area contributed by atoms with Gasteiger partial charge in [0.2, 0.25) is 11.9 Å². The third-order valence-electron chi connectivity index (χ3n) is 6.88. The molecule has 8 nitrogen and oxygen atoms in total. The van der Waals surface area contributed by atoms with Crippen LogP contribution >= 0.6 is 0 Å². The number of hydrogen-bond acceptors (Lipinski definition) is 7. The van der Waals surface area contributed by atoms with Gasteiger partial charge in [-0.1, -0.05) is 25.3 Å². The Kier molecular flexibility index (Phi) is 8.17. The largest absolute Gasteiger partial charge is 0.495 e. The summed E-state index contributed by atoms with van der Waals surface area (Å²) in [5, 5.41) is 12.1. The maximum Gasteiger partial charge on any atom is 0.421 e. The van der Waals surface area contributed by atoms with Crippen molar-refractivity contribution in [3.8, 4) is 5.75 Å². The standard InChI is InChI=1S/C25H33F3N6O2/c1-29-13-15-10-11-20(21(12-15)36-2)33-24-30-14-17(25(26,27)28)22(34-24)31-18-8-3-4-9-19(18)32-23(35)16-6-5-7-16/h10-12,14,16,18-19,29H,3-9,13H2,1-2H3,(H,32,35)(H2,30,31,33,34)/t18-,19-/m1/s1. The second-order valence-electron chi connectivity index (χ2n) is 9.42. The van der Waals surface area contributed by atoms with E-state index in [1.54, 1.807) is 6.07 Å². The second-order valence-corrected chi connectivity index (χ2v) is 9.42. The number of carbonyl (C=O) groups is 1. The van der Waals surface area contributed by atoms with Gasteiger partial charge < -0.3 is 26.0 Å². The topological polar surface area (TPSA) is 100 Å². The molecule has 0 saturated heterocycles. The molecule has 1 aromatic heterocycles. The average Bonchev–Trinajstić information content (AvgIpc) is 2.80. The Morgan fingerprint density at radius 3 is 2.50 bits per heavy atom. The molecule has 0 bridgehead atoms. The molecule has 196 valence electrons. The fraction of sp³-hybridized carbons (Fsp3) is 0.560. The molecule has 0 unspecified atom stereocenters. The number of anilines is 3. The number of nitrogens with one attached hydrogen (secondary N) is 4. The van der Waals surface area contributed by atoms with Crippen LogP contribution in [0, 0.1) is 5.92 Å². The highest BCUT2D eigenvalue weighted by Crippen LogP contribution is 2.36. The summed E-state index contributed by atoms with van der Waals surface area (Å²) >= 11 is 0. The van der Waals surface area contributed by atoms with Gasteiger partial charge in [-0.05, 0) is 50.4 Å². The molecular formula is C25H33F3N6O2. The lowest BCUT2D eigenvalue weighted by atomic mass is 9.83. The summed E-state index contributed by atoms with van der Waals surface area (Å²) in [4.78, 5) is 20.7. The van der Waals surface area contributed by atoms with Crippen molar-refractivity contribution in [1.29, 1.82) is 0 Å². The van der Waals surface area contributed by atoms with Gasteiger partial charge in [-0.2, -0.15) is 18.2 Å². The van der Waals surface area contributed by atoms with Crippen LogP contribution in [0.4, 0.5) is 30.6 Å². The number of halogens is 3. The van der Waals surface area contributed by atoms with Gasteiger partial charge in [0.05, 0.1) is 12.8 Å². The number of methoxy groups -OCH3 is 1. The molecule has 4 rings (SSSR count). The first-order valence-electron chi connectivity index (χ1n) is 12.4. The Labute approximate surface area is 208 Å². The number of nitrogens with zero attached hydrogens (tertiary/aromatic N) is 2. The van der Waals surface area contributed by atoms with Crippen LogP contribution in [-0.4, -0.2) is 42.1 Å². The number of aromatic nitrogens is 2. The predicted molar refractivity (Wildman–Crippen MR) is 131 cm³/mol. The van der Waals surface area contributed by atoms with E-state index in [4.69, 9.17) is 4.74 Å². The van der Waals surface area contributed by atoms with Gasteiger partial charge in [0, 0.05) is 30.7 Å². The monoisotopic (exact) mass is 506 g/mol. The predicted octanol–water partition coefficient (Wildman–Crippen LogP) is 4.61. The van der Waals surface area contributed by atoms with Crippen molar-refractivity contribution in [3.63, 3.8) is 0 Å². The Hall–Kier alpha value is -3.08. The van der Waals surface area contributed by atoms with E-state index in [9.17, 15) is 18.0 Å². The zero-order chi connectivity index (χ0) is 25.7. The number of ether oxygens (including phenoxy) is 1. The molecule has 1 aromatic carbocycles. The zero-order valence-electron chi connectivity index (χ0n) is 20.5. The number of rotatable bonds is 9. The molecule has 4 N–H and O–H groups in total. The highest BCUT2D eigenvalue weighted by Gasteiger charge is 2.37. The van der Waals surface area contributed by atoms with E-state index < -0.39 is 11.7 Å². The fourth-order valence-corrected chi connectivity index (χ4v) is 4.66. The van der Waals surface area contributed by atoms with Gasteiger partial charge in [0.25, 0.3) is 0 Å². The van der Waals surface area contributed by atoms with E-state index in [-0.39, 0.29) is 35.7 Å². The molecule has 2 aliphatic rings. The SMILES string of the molecule is CNCc1ccc(Nc2ncc(C(F)(F)F)c(N[C@@H]3CCCC[C@H]3NC(=O)C3CCC3)n2)c(OC)c1. The normalized spacial score (nSPS) is 20.4. The molecule has 2 saturated carbocycles. The summed E-state index contributed by atoms with van der Waals surface area (Å²) in [6.45, 7) is 0.640. The van der Waals surface area contributed by atoms with E-state index in [1.807, 2.05) is 19.2 Å². The lowest BCUT2D eigenvalue weighted by molar-refractivity contribution is -0.137. The van der Waals surface area contributed by atoms with E-state index in [1.165, 1.54) is 7.11 Å². The maximum absolute atomic E-state index is 13.8. The van der Waals surface area contributed by atoms with Crippen LogP contribution in [-0.2, 0) is 17.5 Å². The molecule has 1 heterocycles. The quantitative estimate of drug-likeness (QED) is 0.394. The first-order chi connectivity index (χ1) is 17.3. The van der Waals surface area contributed by atoms with E-state index >= 15 is 0 Å². The first kappa shape index (κ1) is 26.0. The number of hydrogen-bond donors (Lipinski definition) is 4. The summed E-state index contributed by atoms with van der Waals surface area (Å²) < 4.78 is 46.9. The summed E-state index contributed by atoms with van der Waals surface area (Å²) in [7, 11) is 3.35. The van der Waals surface area contributed by atoms with Crippen LogP contribution in [0.1, 0.15) is 56.1 Å². The highest BCUT2D eigenvalue weighted by molar-refractivity contribution is 5.79. The molecule has 2 atom stereocenters. The highest BCUT2D eigenvalue weighted by atomic mass is 19.4. The third kappa shape index (κ3) is 6.18. The van der Waals surface area contributed by atoms with Crippen LogP contribution in [0.3, 0.4) is 0 Å². The maximum atomic E-state index is 13.8. The van der Waals surface area contributed by atoms with E-state index in [2.05, 4.69) is 31.2 Å². The van der Waals surface area contributed by atoms with Crippen LogP contribution in [0.25, 0.3) is 0 Å². The molecule has 0 spiro atoms. The van der Waals surface area contributed by atoms with Crippen LogP contribution in [0.5, 0.6) is 5.75 Å². The van der Waals surface area contributed by atoms with E-state index in [0.29, 0.717) is 30.8 Å². The summed E-state index contributed by atoms with van der Waals surface area (Å²) in [5.74, 6) is 0.237. The molecule has 0 aliphatic heterocycles. The lowest BCUT2D eigenvalue weighted by Crippen LogP contribution is -2.51. The van der Waals surface area contributed by atoms with Crippen molar-refractivity contribution in [2.24, 2.45) is 5.92 Å². The van der Waals surface area contributed by atoms with Gasteiger partial charge in [0.15, 0.2) is 0 Å². The van der Waals surface area contributed by atoms with Gasteiger partial charge >= 0.3 is 6.18 Å². The Bertz CT molecular complexity index is 1060. The minimum absolute atomic E-state index is 0.00477. The van der Waals surface area contributed by atoms with Gasteiger partial charge in [-0.3, -0.25) is 4.79 Å². The second kappa shape index (κ2) is 11.3. The minimum Gasteiger partial charge on any atom is -0.495 e. The first-order valence-corrected chi connectivity index (χ1v) is 12.4. The van der Waals surface area contributed by atoms with Crippen LogP contribution in [0.15, 0.2) is 24.4 Å². The molecule has 2 fully saturated rings. The van der Waals surface area contributed by atoms with Gasteiger partial charge in [0.1, 0.15) is 17.1 Å². The van der Waals surface area contributed by atoms with Crippen molar-refractivity contribution < 1.29 is 22.7 Å². The van der Waals surface area contributed by atoms with Crippen molar-refractivity contribution in [1.82, 2.24) is 20.6 Å². The molecule has 36 heavy (non-hydrogen) atoms. The Morgan fingerprint density at radius 1 is 1.11 bits per heavy atom. The molecular weight excluding hydrogens is 473 g/mol. The fourth-order valence-electron chi connectivity index (χ4n) is 4.66. The van der Waals surface area contributed by atoms with Crippen LogP contribution in [0.2, 0.25) is 0 Å². The summed E-state index contributed by atoms with van der Waals surface area (Å²) in [6, 6.07) is 4.87. The van der Waals surface area contributed by atoms with Gasteiger partial charge in [-0.15, -0.1) is 0 Å². The Morgan fingerprint density at radius 2 is 1.86 bits per heavy atom. The smallest absolute Gasteiger partial charge is 0.421 e. The van der Waals surface area contributed by atoms with Crippen molar-refractivity contribution in [2.45, 2.75) is 69.8 Å². The number of carbonyl (C=O) groups excluding carboxylic acids is 1. The third-order valence-corrected chi connectivity index (χ3v) is 6.88. The molecule has 2 aliphatic carbocycles.